The fourth-order valence-electron chi connectivity index (χ4n) is 8.16. The van der Waals surface area contributed by atoms with E-state index >= 15 is 0 Å². The van der Waals surface area contributed by atoms with E-state index in [1.807, 2.05) is 0 Å². The Labute approximate surface area is 196 Å². The van der Waals surface area contributed by atoms with E-state index in [4.69, 9.17) is 0 Å². The zero-order chi connectivity index (χ0) is 22.7. The van der Waals surface area contributed by atoms with E-state index in [0.29, 0.717) is 30.2 Å². The van der Waals surface area contributed by atoms with Crippen LogP contribution in [0.4, 0.5) is 0 Å². The van der Waals surface area contributed by atoms with Crippen LogP contribution in [0.25, 0.3) is 0 Å². The Morgan fingerprint density at radius 2 is 0.429 bits per heavy atom. The van der Waals surface area contributed by atoms with Gasteiger partial charge in [-0.1, -0.05) is 155 Å². The molecule has 1 radical (unpaired) electrons. The average Bonchev–Trinajstić information content (AvgIpc) is 2.16. The molecule has 0 unspecified atom stereocenters. The Morgan fingerprint density at radius 1 is 0.321 bits per heavy atom. The molecule has 0 aliphatic carbocycles. The maximum absolute atomic E-state index is 2.58. The van der Waals surface area contributed by atoms with Crippen molar-refractivity contribution in [1.29, 1.82) is 0 Å². The minimum absolute atomic E-state index is 0. The molecular formula is C24H54LiSi3. The van der Waals surface area contributed by atoms with Crippen molar-refractivity contribution in [2.24, 2.45) is 0 Å². The van der Waals surface area contributed by atoms with Gasteiger partial charge in [-0.3, -0.25) is 0 Å². The fraction of sp³-hybridized carbons (Fsp3) is 1.00. The van der Waals surface area contributed by atoms with E-state index in [9.17, 15) is 0 Å². The van der Waals surface area contributed by atoms with Gasteiger partial charge in [-0.25, -0.2) is 0 Å². The summed E-state index contributed by atoms with van der Waals surface area (Å²) in [6.07, 6.45) is 0. The van der Waals surface area contributed by atoms with Crippen molar-refractivity contribution < 1.29 is 18.9 Å². The van der Waals surface area contributed by atoms with Crippen molar-refractivity contribution in [3.63, 3.8) is 0 Å². The second kappa shape index (κ2) is 8.31. The molecule has 163 valence electrons. The van der Waals surface area contributed by atoms with Crippen molar-refractivity contribution in [2.75, 3.05) is 0 Å². The van der Waals surface area contributed by atoms with Gasteiger partial charge in [0.1, 0.15) is 0 Å². The zero-order valence-corrected chi connectivity index (χ0v) is 26.5. The van der Waals surface area contributed by atoms with E-state index in [0.717, 1.165) is 8.55 Å². The van der Waals surface area contributed by atoms with Crippen LogP contribution in [0.2, 0.25) is 30.2 Å². The maximum atomic E-state index is 2.58. The zero-order valence-electron chi connectivity index (χ0n) is 23.5. The number of hydrogen-bond donors (Lipinski definition) is 0. The van der Waals surface area contributed by atoms with Gasteiger partial charge >= 0.3 is 18.9 Å². The Hall–Kier alpha value is 1.25. The normalized spacial score (nSPS) is 16.1. The molecule has 0 amide bonds. The van der Waals surface area contributed by atoms with E-state index in [1.54, 1.807) is 0 Å². The van der Waals surface area contributed by atoms with Crippen molar-refractivity contribution in [2.45, 2.75) is 155 Å². The summed E-state index contributed by atoms with van der Waals surface area (Å²) in [5.74, 6) is 0. The summed E-state index contributed by atoms with van der Waals surface area (Å²) in [5, 5.41) is 2.26. The van der Waals surface area contributed by atoms with E-state index in [1.165, 1.54) is 0 Å². The van der Waals surface area contributed by atoms with Crippen LogP contribution in [0, 0.1) is 0 Å². The van der Waals surface area contributed by atoms with Gasteiger partial charge in [-0.05, 0) is 0 Å². The SMILES string of the molecule is CC(C)(C)[Si]([Si-][Si](C(C)(C)C)(C(C)(C)C)C(C)(C)C)(C(C)(C)C)C(C)(C)C.[Li+]. The third-order valence-electron chi connectivity index (χ3n) is 7.12. The summed E-state index contributed by atoms with van der Waals surface area (Å²) in [4.78, 5) is 0. The van der Waals surface area contributed by atoms with Crippen LogP contribution >= 0.6 is 0 Å². The van der Waals surface area contributed by atoms with Gasteiger partial charge in [0, 0.05) is 0 Å². The molecule has 0 heterocycles. The van der Waals surface area contributed by atoms with Crippen LogP contribution in [0.1, 0.15) is 125 Å². The van der Waals surface area contributed by atoms with Crippen molar-refractivity contribution in [3.8, 4) is 0 Å². The molecule has 0 aromatic rings. The molecule has 4 heteroatoms. The second-order valence-corrected chi connectivity index (χ2v) is 34.9. The molecule has 0 rings (SSSR count). The van der Waals surface area contributed by atoms with Crippen molar-refractivity contribution >= 4 is 23.7 Å². The van der Waals surface area contributed by atoms with Gasteiger partial charge in [0.15, 0.2) is 0 Å². The first-order valence-electron chi connectivity index (χ1n) is 11.0. The largest absolute Gasteiger partial charge is 1.00 e. The molecule has 0 fully saturated rings. The standard InChI is InChI=1S/C24H54Si3.Li/c1-19(2,3)26(20(4,5)6,21(7,8)9)25-27(22(10,11)12,23(13,14)15)24(16,17)18;/h1-18H3;/q-1;+1. The summed E-state index contributed by atoms with van der Waals surface area (Å²) in [5.41, 5.74) is 0. The van der Waals surface area contributed by atoms with Crippen LogP contribution < -0.4 is 18.9 Å². The molecule has 0 spiro atoms. The third kappa shape index (κ3) is 5.00. The summed E-state index contributed by atoms with van der Waals surface area (Å²) in [7, 11) is -2.41. The van der Waals surface area contributed by atoms with E-state index in [2.05, 4.69) is 125 Å². The second-order valence-electron chi connectivity index (χ2n) is 15.1. The van der Waals surface area contributed by atoms with Crippen LogP contribution in [0.15, 0.2) is 0 Å². The molecule has 0 atom stereocenters. The summed E-state index contributed by atoms with van der Waals surface area (Å²) < 4.78 is 0. The average molecular weight is 434 g/mol. The number of hydrogen-bond acceptors (Lipinski definition) is 0. The van der Waals surface area contributed by atoms with Gasteiger partial charge in [0.25, 0.3) is 0 Å². The van der Waals surface area contributed by atoms with Crippen molar-refractivity contribution in [3.05, 3.63) is 0 Å². The van der Waals surface area contributed by atoms with E-state index in [-0.39, 0.29) is 18.9 Å². The molecule has 0 N–H and O–H groups in total. The molecule has 28 heavy (non-hydrogen) atoms. The van der Waals surface area contributed by atoms with Gasteiger partial charge in [-0.15, -0.1) is 15.2 Å². The summed E-state index contributed by atoms with van der Waals surface area (Å²) in [6, 6.07) is 0. The minimum atomic E-state index is -1.78. The first-order chi connectivity index (χ1) is 11.2. The predicted molar refractivity (Wildman–Crippen MR) is 136 cm³/mol. The quantitative estimate of drug-likeness (QED) is 0.443. The van der Waals surface area contributed by atoms with Crippen LogP contribution in [0.5, 0.6) is 0 Å². The topological polar surface area (TPSA) is 0 Å². The minimum Gasteiger partial charge on any atom is -0.420 e. The molecular weight excluding hydrogens is 379 g/mol. The molecule has 0 saturated carbocycles. The molecule has 0 saturated heterocycles. The van der Waals surface area contributed by atoms with E-state index < -0.39 is 15.2 Å². The van der Waals surface area contributed by atoms with Crippen molar-refractivity contribution in [1.82, 2.24) is 0 Å². The molecule has 0 bridgehead atoms. The molecule has 0 aromatic heterocycles. The van der Waals surface area contributed by atoms with Gasteiger partial charge in [0.2, 0.25) is 0 Å². The molecule has 0 nitrogen and oxygen atoms in total. The van der Waals surface area contributed by atoms with Crippen LogP contribution in [-0.2, 0) is 0 Å². The first kappa shape index (κ1) is 31.4. The fourth-order valence-corrected chi connectivity index (χ4v) is 58.2. The van der Waals surface area contributed by atoms with Crippen LogP contribution in [0.3, 0.4) is 0 Å². The van der Waals surface area contributed by atoms with Gasteiger partial charge in [-0.2, -0.15) is 0 Å². The summed E-state index contributed by atoms with van der Waals surface area (Å²) in [6.45, 7) is 46.4. The molecule has 0 aliphatic heterocycles. The Morgan fingerprint density at radius 3 is 0.500 bits per heavy atom. The molecule has 0 aromatic carbocycles. The monoisotopic (exact) mass is 433 g/mol. The summed E-state index contributed by atoms with van der Waals surface area (Å²) >= 11 is 0. The third-order valence-corrected chi connectivity index (χ3v) is 43.9. The first-order valence-corrected chi connectivity index (χ1v) is 18.0. The maximum Gasteiger partial charge on any atom is 1.00 e. The smallest absolute Gasteiger partial charge is 0.420 e. The Bertz CT molecular complexity index is 389. The molecule has 0 aliphatic rings. The van der Waals surface area contributed by atoms with Gasteiger partial charge in [0.05, 0.1) is 0 Å². The Balaban J connectivity index is 0. The predicted octanol–water partition coefficient (Wildman–Crippen LogP) is 6.39. The Kier molecular flexibility index (Phi) is 9.33. The number of rotatable bonds is 2. The van der Waals surface area contributed by atoms with Gasteiger partial charge < -0.3 is 8.55 Å². The van der Waals surface area contributed by atoms with Crippen LogP contribution in [-0.4, -0.2) is 23.7 Å².